The molecule has 0 saturated carbocycles. The average molecular weight is 425 g/mol. The number of carbonyl (C=O) groups is 2. The van der Waals surface area contributed by atoms with Crippen molar-refractivity contribution in [2.24, 2.45) is 0 Å². The van der Waals surface area contributed by atoms with Crippen LogP contribution in [-0.4, -0.2) is 28.5 Å². The van der Waals surface area contributed by atoms with Crippen LogP contribution >= 0.6 is 11.6 Å². The number of fused-ring (bicyclic) bond motifs is 1. The van der Waals surface area contributed by atoms with Crippen LogP contribution in [0.5, 0.6) is 5.75 Å². The van der Waals surface area contributed by atoms with Crippen molar-refractivity contribution in [1.82, 2.24) is 4.57 Å². The van der Waals surface area contributed by atoms with Gasteiger partial charge in [0, 0.05) is 28.4 Å². The van der Waals surface area contributed by atoms with E-state index in [1.807, 2.05) is 36.4 Å². The largest absolute Gasteiger partial charge is 0.497 e. The Balaban J connectivity index is 1.94. The van der Waals surface area contributed by atoms with Crippen molar-refractivity contribution in [2.75, 3.05) is 12.4 Å². The Morgan fingerprint density at radius 2 is 1.83 bits per heavy atom. The maximum atomic E-state index is 12.9. The molecular weight excluding hydrogens is 404 g/mol. The lowest BCUT2D eigenvalue weighted by molar-refractivity contribution is -0.137. The Kier molecular flexibility index (Phi) is 5.50. The Labute approximate surface area is 179 Å². The monoisotopic (exact) mass is 424 g/mol. The summed E-state index contributed by atoms with van der Waals surface area (Å²) in [7, 11) is 1.59. The summed E-state index contributed by atoms with van der Waals surface area (Å²) in [6.07, 6.45) is 1.80. The van der Waals surface area contributed by atoms with Gasteiger partial charge >= 0.3 is 5.97 Å². The molecule has 154 valence electrons. The molecule has 0 saturated heterocycles. The smallest absolute Gasteiger partial charge is 0.323 e. The number of ether oxygens (including phenoxy) is 1. The lowest BCUT2D eigenvalue weighted by Gasteiger charge is -2.15. The Morgan fingerprint density at radius 3 is 2.47 bits per heavy atom. The number of carboxylic acid groups (broad SMARTS) is 1. The molecule has 7 heteroatoms. The number of methoxy groups -OCH3 is 1. The zero-order valence-corrected chi connectivity index (χ0v) is 17.2. The van der Waals surface area contributed by atoms with Crippen molar-refractivity contribution in [3.8, 4) is 17.0 Å². The maximum absolute atomic E-state index is 12.9. The van der Waals surface area contributed by atoms with Crippen LogP contribution in [0.25, 0.3) is 11.3 Å². The standard InChI is InChI=1S/C23H21ClN2O4/c1-30-17-11-5-14(6-12-17)23-22(25-16-9-7-15(24)8-10-16)21-18(3-2-4-19(21)27)26(23)13-20(28)29/h5-12,25H,2-4,13H2,1H3,(H,28,29). The molecule has 0 spiro atoms. The van der Waals surface area contributed by atoms with Crippen LogP contribution in [0.3, 0.4) is 0 Å². The second-order valence-corrected chi connectivity index (χ2v) is 7.60. The number of aliphatic carboxylic acids is 1. The number of nitrogens with zero attached hydrogens (tertiary/aromatic N) is 1. The van der Waals surface area contributed by atoms with Crippen LogP contribution in [0.2, 0.25) is 5.02 Å². The molecule has 0 bridgehead atoms. The number of carbonyl (C=O) groups excluding carboxylic acids is 1. The third-order valence-electron chi connectivity index (χ3n) is 5.24. The van der Waals surface area contributed by atoms with Gasteiger partial charge in [-0.25, -0.2) is 0 Å². The highest BCUT2D eigenvalue weighted by atomic mass is 35.5. The van der Waals surface area contributed by atoms with Crippen LogP contribution in [0.15, 0.2) is 48.5 Å². The summed E-state index contributed by atoms with van der Waals surface area (Å²) in [4.78, 5) is 24.6. The number of anilines is 2. The topological polar surface area (TPSA) is 80.6 Å². The van der Waals surface area contributed by atoms with Gasteiger partial charge in [0.1, 0.15) is 12.3 Å². The summed E-state index contributed by atoms with van der Waals surface area (Å²) in [6.45, 7) is -0.223. The molecule has 1 aliphatic carbocycles. The summed E-state index contributed by atoms with van der Waals surface area (Å²) >= 11 is 6.01. The van der Waals surface area contributed by atoms with Gasteiger partial charge in [0.2, 0.25) is 0 Å². The van der Waals surface area contributed by atoms with Crippen molar-refractivity contribution in [3.05, 3.63) is 64.8 Å². The van der Waals surface area contributed by atoms with Gasteiger partial charge in [0.25, 0.3) is 0 Å². The molecule has 0 unspecified atom stereocenters. The fourth-order valence-corrected chi connectivity index (χ4v) is 4.05. The predicted octanol–water partition coefficient (Wildman–Crippen LogP) is 5.16. The maximum Gasteiger partial charge on any atom is 0.323 e. The van der Waals surface area contributed by atoms with Gasteiger partial charge in [-0.2, -0.15) is 0 Å². The number of ketones is 1. The molecule has 0 atom stereocenters. The van der Waals surface area contributed by atoms with Crippen molar-refractivity contribution in [3.63, 3.8) is 0 Å². The summed E-state index contributed by atoms with van der Waals surface area (Å²) < 4.78 is 7.00. The molecule has 0 amide bonds. The fraction of sp³-hybridized carbons (Fsp3) is 0.217. The highest BCUT2D eigenvalue weighted by Crippen LogP contribution is 2.42. The molecule has 3 aromatic rings. The molecule has 4 rings (SSSR count). The van der Waals surface area contributed by atoms with Crippen LogP contribution in [0, 0.1) is 0 Å². The minimum absolute atomic E-state index is 0.0200. The molecule has 2 N–H and O–H groups in total. The predicted molar refractivity (Wildman–Crippen MR) is 116 cm³/mol. The van der Waals surface area contributed by atoms with Crippen LogP contribution in [0.4, 0.5) is 11.4 Å². The normalized spacial score (nSPS) is 13.1. The molecule has 1 aromatic heterocycles. The Hall–Kier alpha value is -3.25. The van der Waals surface area contributed by atoms with E-state index in [1.165, 1.54) is 0 Å². The van der Waals surface area contributed by atoms with Crippen LogP contribution < -0.4 is 10.1 Å². The minimum atomic E-state index is -0.960. The van der Waals surface area contributed by atoms with E-state index in [1.54, 1.807) is 23.8 Å². The van der Waals surface area contributed by atoms with Gasteiger partial charge in [0.15, 0.2) is 5.78 Å². The van der Waals surface area contributed by atoms with Crippen molar-refractivity contribution in [1.29, 1.82) is 0 Å². The first-order valence-electron chi connectivity index (χ1n) is 9.65. The third-order valence-corrected chi connectivity index (χ3v) is 5.49. The number of halogens is 1. The first kappa shape index (κ1) is 20.0. The molecule has 1 heterocycles. The molecule has 0 fully saturated rings. The van der Waals surface area contributed by atoms with Gasteiger partial charge < -0.3 is 19.7 Å². The van der Waals surface area contributed by atoms with E-state index in [4.69, 9.17) is 16.3 Å². The lowest BCUT2D eigenvalue weighted by Crippen LogP contribution is -2.17. The van der Waals surface area contributed by atoms with Gasteiger partial charge in [-0.15, -0.1) is 0 Å². The zero-order valence-electron chi connectivity index (χ0n) is 16.4. The number of benzene rings is 2. The summed E-state index contributed by atoms with van der Waals surface area (Å²) in [5.41, 5.74) is 4.21. The van der Waals surface area contributed by atoms with Gasteiger partial charge in [-0.1, -0.05) is 11.6 Å². The molecule has 30 heavy (non-hydrogen) atoms. The Morgan fingerprint density at radius 1 is 1.13 bits per heavy atom. The minimum Gasteiger partial charge on any atom is -0.497 e. The lowest BCUT2D eigenvalue weighted by atomic mass is 9.94. The molecule has 0 aliphatic heterocycles. The summed E-state index contributed by atoms with van der Waals surface area (Å²) in [5.74, 6) is -0.242. The molecule has 6 nitrogen and oxygen atoms in total. The van der Waals surface area contributed by atoms with E-state index in [2.05, 4.69) is 5.32 Å². The second-order valence-electron chi connectivity index (χ2n) is 7.16. The number of rotatable bonds is 6. The van der Waals surface area contributed by atoms with E-state index < -0.39 is 5.97 Å². The first-order chi connectivity index (χ1) is 14.5. The van der Waals surface area contributed by atoms with Gasteiger partial charge in [-0.05, 0) is 61.4 Å². The van der Waals surface area contributed by atoms with Gasteiger partial charge in [-0.3, -0.25) is 9.59 Å². The number of aromatic nitrogens is 1. The van der Waals surface area contributed by atoms with Crippen molar-refractivity contribution < 1.29 is 19.4 Å². The third kappa shape index (κ3) is 3.78. The summed E-state index contributed by atoms with van der Waals surface area (Å²) in [6, 6.07) is 14.6. The van der Waals surface area contributed by atoms with Crippen molar-refractivity contribution >= 4 is 34.7 Å². The fourth-order valence-electron chi connectivity index (χ4n) is 3.93. The Bertz CT molecular complexity index is 1100. The molecule has 0 radical (unpaired) electrons. The molecule has 1 aliphatic rings. The van der Waals surface area contributed by atoms with Crippen molar-refractivity contribution in [2.45, 2.75) is 25.8 Å². The van der Waals surface area contributed by atoms with Crippen LogP contribution in [-0.2, 0) is 17.8 Å². The number of nitrogens with one attached hydrogen (secondary N) is 1. The van der Waals surface area contributed by atoms with E-state index in [9.17, 15) is 14.7 Å². The molecular formula is C23H21ClN2O4. The second kappa shape index (κ2) is 8.24. The zero-order chi connectivity index (χ0) is 21.3. The van der Waals surface area contributed by atoms with E-state index in [0.29, 0.717) is 47.0 Å². The highest BCUT2D eigenvalue weighted by molar-refractivity contribution is 6.30. The van der Waals surface area contributed by atoms with Crippen LogP contribution in [0.1, 0.15) is 28.9 Å². The number of hydrogen-bond donors (Lipinski definition) is 2. The molecule has 2 aromatic carbocycles. The number of Topliss-reactive ketones (excluding diaryl/α,β-unsaturated/α-hetero) is 1. The number of hydrogen-bond acceptors (Lipinski definition) is 4. The van der Waals surface area contributed by atoms with E-state index in [0.717, 1.165) is 16.9 Å². The SMILES string of the molecule is COc1ccc(-c2c(Nc3ccc(Cl)cc3)c3c(n2CC(=O)O)CCCC3=O)cc1. The van der Waals surface area contributed by atoms with E-state index in [-0.39, 0.29) is 12.3 Å². The van der Waals surface area contributed by atoms with Gasteiger partial charge in [0.05, 0.1) is 24.1 Å². The average Bonchev–Trinajstić information content (AvgIpc) is 3.03. The van der Waals surface area contributed by atoms with E-state index >= 15 is 0 Å². The highest BCUT2D eigenvalue weighted by Gasteiger charge is 2.31. The first-order valence-corrected chi connectivity index (χ1v) is 10.0. The quantitative estimate of drug-likeness (QED) is 0.571. The summed E-state index contributed by atoms with van der Waals surface area (Å²) in [5, 5.41) is 13.5. The number of carboxylic acids is 1.